The van der Waals surface area contributed by atoms with Gasteiger partial charge in [0, 0.05) is 6.54 Å². The lowest BCUT2D eigenvalue weighted by Crippen LogP contribution is -2.42. The zero-order valence-electron chi connectivity index (χ0n) is 14.5. The van der Waals surface area contributed by atoms with Crippen molar-refractivity contribution in [3.63, 3.8) is 0 Å². The summed E-state index contributed by atoms with van der Waals surface area (Å²) in [6.07, 6.45) is 0.811. The highest BCUT2D eigenvalue weighted by Crippen LogP contribution is 2.23. The molecule has 1 N–H and O–H groups in total. The van der Waals surface area contributed by atoms with E-state index in [1.54, 1.807) is 24.3 Å². The number of imide groups is 1. The second-order valence-corrected chi connectivity index (χ2v) is 8.38. The molecule has 1 aromatic rings. The van der Waals surface area contributed by atoms with E-state index in [0.29, 0.717) is 24.0 Å². The molecular weight excluding hydrogens is 376 g/mol. The number of hydrogen-bond acceptors (Lipinski definition) is 6. The first-order valence-electron chi connectivity index (χ1n) is 8.58. The number of nitrogens with zero attached hydrogens (tertiary/aromatic N) is 2. The molecular formula is C17H20N2O7S. The fourth-order valence-electron chi connectivity index (χ4n) is 3.30. The third-order valence-electron chi connectivity index (χ3n) is 4.67. The van der Waals surface area contributed by atoms with E-state index < -0.39 is 33.8 Å². The second kappa shape index (κ2) is 7.75. The molecule has 0 saturated carbocycles. The van der Waals surface area contributed by atoms with E-state index in [-0.39, 0.29) is 32.1 Å². The van der Waals surface area contributed by atoms with Crippen molar-refractivity contribution in [2.24, 2.45) is 0 Å². The zero-order valence-corrected chi connectivity index (χ0v) is 15.4. The van der Waals surface area contributed by atoms with Gasteiger partial charge in [0.1, 0.15) is 6.04 Å². The van der Waals surface area contributed by atoms with Crippen LogP contribution in [-0.2, 0) is 19.6 Å². The third kappa shape index (κ3) is 3.87. The minimum absolute atomic E-state index is 0.00332. The fourth-order valence-corrected chi connectivity index (χ4v) is 4.86. The number of carbonyl (C=O) groups is 3. The Morgan fingerprint density at radius 1 is 1.15 bits per heavy atom. The van der Waals surface area contributed by atoms with Gasteiger partial charge in [0.25, 0.3) is 11.8 Å². The number of carboxylic acid groups (broad SMARTS) is 1. The number of ether oxygens (including phenoxy) is 1. The van der Waals surface area contributed by atoms with Crippen LogP contribution in [0.3, 0.4) is 0 Å². The summed E-state index contributed by atoms with van der Waals surface area (Å²) in [4.78, 5) is 36.6. The van der Waals surface area contributed by atoms with E-state index >= 15 is 0 Å². The molecule has 1 aromatic carbocycles. The average Bonchev–Trinajstić information content (AvgIpc) is 3.22. The zero-order chi connectivity index (χ0) is 19.6. The van der Waals surface area contributed by atoms with E-state index in [9.17, 15) is 22.8 Å². The van der Waals surface area contributed by atoms with Crippen LogP contribution < -0.4 is 0 Å². The maximum Gasteiger partial charge on any atom is 0.322 e. The lowest BCUT2D eigenvalue weighted by Gasteiger charge is -2.21. The topological polar surface area (TPSA) is 121 Å². The maximum atomic E-state index is 12.3. The van der Waals surface area contributed by atoms with Gasteiger partial charge in [-0.05, 0) is 25.0 Å². The van der Waals surface area contributed by atoms with Crippen LogP contribution in [-0.4, -0.2) is 78.6 Å². The van der Waals surface area contributed by atoms with Gasteiger partial charge < -0.3 is 9.84 Å². The summed E-state index contributed by atoms with van der Waals surface area (Å²) in [5.74, 6) is -2.29. The SMILES string of the molecule is O=C(O)[C@H]1CCCN1S(=O)(=O)CCOCCN1C(=O)c2ccccc2C1=O. The van der Waals surface area contributed by atoms with E-state index in [0.717, 1.165) is 9.21 Å². The Kier molecular flexibility index (Phi) is 5.59. The Morgan fingerprint density at radius 3 is 2.37 bits per heavy atom. The molecule has 2 amide bonds. The second-order valence-electron chi connectivity index (χ2n) is 6.34. The van der Waals surface area contributed by atoms with Crippen LogP contribution in [0.25, 0.3) is 0 Å². The smallest absolute Gasteiger partial charge is 0.322 e. The largest absolute Gasteiger partial charge is 0.480 e. The minimum atomic E-state index is -3.74. The van der Waals surface area contributed by atoms with Crippen LogP contribution in [0.5, 0.6) is 0 Å². The summed E-state index contributed by atoms with van der Waals surface area (Å²) >= 11 is 0. The van der Waals surface area contributed by atoms with Crippen molar-refractivity contribution >= 4 is 27.8 Å². The minimum Gasteiger partial charge on any atom is -0.480 e. The molecule has 1 atom stereocenters. The molecule has 0 bridgehead atoms. The summed E-state index contributed by atoms with van der Waals surface area (Å²) in [6.45, 7) is 0.0693. The highest BCUT2D eigenvalue weighted by Gasteiger charge is 2.38. The maximum absolute atomic E-state index is 12.3. The summed E-state index contributed by atoms with van der Waals surface area (Å²) in [7, 11) is -3.74. The Morgan fingerprint density at radius 2 is 1.78 bits per heavy atom. The molecule has 2 heterocycles. The standard InChI is InChI=1S/C17H20N2O7S/c20-15-12-4-1-2-5-13(12)16(21)18(15)8-9-26-10-11-27(24,25)19-7-3-6-14(19)17(22)23/h1-2,4-5,14H,3,6-11H2,(H,22,23)/t14-/m1/s1. The van der Waals surface area contributed by atoms with Crippen molar-refractivity contribution in [1.29, 1.82) is 0 Å². The predicted molar refractivity (Wildman–Crippen MR) is 93.8 cm³/mol. The van der Waals surface area contributed by atoms with Crippen molar-refractivity contribution in [3.05, 3.63) is 35.4 Å². The number of carbonyl (C=O) groups excluding carboxylic acids is 2. The molecule has 0 spiro atoms. The molecule has 0 unspecified atom stereocenters. The number of fused-ring (bicyclic) bond motifs is 1. The van der Waals surface area contributed by atoms with Crippen LogP contribution in [0.1, 0.15) is 33.6 Å². The van der Waals surface area contributed by atoms with Crippen molar-refractivity contribution < 1.29 is 32.6 Å². The molecule has 1 fully saturated rings. The summed E-state index contributed by atoms with van der Waals surface area (Å²) in [5, 5.41) is 9.10. The number of rotatable bonds is 8. The van der Waals surface area contributed by atoms with Crippen molar-refractivity contribution in [1.82, 2.24) is 9.21 Å². The number of carboxylic acids is 1. The normalized spacial score (nSPS) is 20.3. The molecule has 3 rings (SSSR count). The Labute approximate surface area is 156 Å². The molecule has 9 nitrogen and oxygen atoms in total. The van der Waals surface area contributed by atoms with Gasteiger partial charge in [-0.1, -0.05) is 12.1 Å². The molecule has 10 heteroatoms. The molecule has 0 aromatic heterocycles. The van der Waals surface area contributed by atoms with E-state index in [1.807, 2.05) is 0 Å². The van der Waals surface area contributed by atoms with Crippen molar-refractivity contribution in [2.75, 3.05) is 32.1 Å². The molecule has 2 aliphatic rings. The van der Waals surface area contributed by atoms with Gasteiger partial charge in [0.15, 0.2) is 0 Å². The monoisotopic (exact) mass is 396 g/mol. The van der Waals surface area contributed by atoms with Crippen molar-refractivity contribution in [3.8, 4) is 0 Å². The number of amides is 2. The lowest BCUT2D eigenvalue weighted by atomic mass is 10.1. The summed E-state index contributed by atoms with van der Waals surface area (Å²) < 4.78 is 30.9. The third-order valence-corrected chi connectivity index (χ3v) is 6.50. The number of sulfonamides is 1. The number of hydrogen-bond donors (Lipinski definition) is 1. The van der Waals surface area contributed by atoms with Gasteiger partial charge in [0.2, 0.25) is 10.0 Å². The highest BCUT2D eigenvalue weighted by molar-refractivity contribution is 7.89. The first kappa shape index (κ1) is 19.5. The number of benzene rings is 1. The Balaban J connectivity index is 1.47. The van der Waals surface area contributed by atoms with Gasteiger partial charge in [-0.25, -0.2) is 8.42 Å². The fraction of sp³-hybridized carbons (Fsp3) is 0.471. The van der Waals surface area contributed by atoms with Gasteiger partial charge in [-0.3, -0.25) is 19.3 Å². The molecule has 27 heavy (non-hydrogen) atoms. The summed E-state index contributed by atoms with van der Waals surface area (Å²) in [5.41, 5.74) is 0.692. The van der Waals surface area contributed by atoms with Crippen molar-refractivity contribution in [2.45, 2.75) is 18.9 Å². The molecule has 0 aliphatic carbocycles. The molecule has 146 valence electrons. The number of aliphatic carboxylic acids is 1. The Hall–Kier alpha value is -2.30. The van der Waals surface area contributed by atoms with Crippen LogP contribution in [0, 0.1) is 0 Å². The van der Waals surface area contributed by atoms with E-state index in [4.69, 9.17) is 9.84 Å². The predicted octanol–water partition coefficient (Wildman–Crippen LogP) is 0.178. The van der Waals surface area contributed by atoms with Crippen LogP contribution in [0.15, 0.2) is 24.3 Å². The van der Waals surface area contributed by atoms with Gasteiger partial charge in [0.05, 0.1) is 36.6 Å². The first-order chi connectivity index (χ1) is 12.8. The highest BCUT2D eigenvalue weighted by atomic mass is 32.2. The van der Waals surface area contributed by atoms with E-state index in [1.165, 1.54) is 0 Å². The Bertz CT molecular complexity index is 833. The van der Waals surface area contributed by atoms with Gasteiger partial charge in [-0.2, -0.15) is 4.31 Å². The molecule has 0 radical (unpaired) electrons. The first-order valence-corrected chi connectivity index (χ1v) is 10.2. The molecule has 1 saturated heterocycles. The van der Waals surface area contributed by atoms with Crippen LogP contribution in [0.2, 0.25) is 0 Å². The van der Waals surface area contributed by atoms with Gasteiger partial charge in [-0.15, -0.1) is 0 Å². The van der Waals surface area contributed by atoms with Crippen LogP contribution >= 0.6 is 0 Å². The van der Waals surface area contributed by atoms with Crippen LogP contribution in [0.4, 0.5) is 0 Å². The average molecular weight is 396 g/mol. The summed E-state index contributed by atoms with van der Waals surface area (Å²) in [6, 6.07) is 5.50. The lowest BCUT2D eigenvalue weighted by molar-refractivity contribution is -0.140. The quantitative estimate of drug-likeness (QED) is 0.491. The van der Waals surface area contributed by atoms with Gasteiger partial charge >= 0.3 is 5.97 Å². The van der Waals surface area contributed by atoms with E-state index in [2.05, 4.69) is 0 Å². The molecule has 2 aliphatic heterocycles.